The summed E-state index contributed by atoms with van der Waals surface area (Å²) in [6.45, 7) is 1.57. The average molecular weight is 243 g/mol. The summed E-state index contributed by atoms with van der Waals surface area (Å²) in [7, 11) is 0. The lowest BCUT2D eigenvalue weighted by atomic mass is 10.0. The van der Waals surface area contributed by atoms with Crippen LogP contribution in [0.3, 0.4) is 0 Å². The molecule has 1 atom stereocenters. The Morgan fingerprint density at radius 1 is 1.41 bits per heavy atom. The SMILES string of the molecule is NC(=O)NC(=O)CN1CCC(CCC(=O)O)C1. The fraction of sp³-hybridized carbons (Fsp3) is 0.700. The molecule has 1 aliphatic heterocycles. The zero-order valence-electron chi connectivity index (χ0n) is 9.52. The van der Waals surface area contributed by atoms with E-state index in [-0.39, 0.29) is 13.0 Å². The number of primary amides is 1. The molecule has 7 nitrogen and oxygen atoms in total. The standard InChI is InChI=1S/C10H17N3O4/c11-10(17)12-8(14)6-13-4-3-7(5-13)1-2-9(15)16/h7H,1-6H2,(H,15,16)(H3,11,12,14,17). The second-order valence-corrected chi connectivity index (χ2v) is 4.23. The van der Waals surface area contributed by atoms with Crippen molar-refractivity contribution < 1.29 is 19.5 Å². The van der Waals surface area contributed by atoms with Gasteiger partial charge in [0.15, 0.2) is 0 Å². The van der Waals surface area contributed by atoms with Gasteiger partial charge in [-0.05, 0) is 25.3 Å². The van der Waals surface area contributed by atoms with Crippen molar-refractivity contribution in [1.82, 2.24) is 10.2 Å². The van der Waals surface area contributed by atoms with E-state index in [9.17, 15) is 14.4 Å². The van der Waals surface area contributed by atoms with E-state index in [1.807, 2.05) is 10.2 Å². The van der Waals surface area contributed by atoms with Crippen molar-refractivity contribution in [2.45, 2.75) is 19.3 Å². The number of hydrogen-bond acceptors (Lipinski definition) is 4. The molecule has 3 amide bonds. The van der Waals surface area contributed by atoms with Crippen LogP contribution < -0.4 is 11.1 Å². The van der Waals surface area contributed by atoms with Crippen LogP contribution in [0.4, 0.5) is 4.79 Å². The third kappa shape index (κ3) is 5.30. The first kappa shape index (κ1) is 13.4. The molecule has 7 heteroatoms. The maximum absolute atomic E-state index is 11.2. The Labute approximate surface area is 98.9 Å². The van der Waals surface area contributed by atoms with E-state index in [1.54, 1.807) is 0 Å². The summed E-state index contributed by atoms with van der Waals surface area (Å²) in [6.07, 6.45) is 1.67. The summed E-state index contributed by atoms with van der Waals surface area (Å²) in [5.74, 6) is -0.904. The number of carbonyl (C=O) groups excluding carboxylic acids is 2. The Bertz CT molecular complexity index is 319. The zero-order valence-corrected chi connectivity index (χ0v) is 9.52. The van der Waals surface area contributed by atoms with Gasteiger partial charge in [0.2, 0.25) is 5.91 Å². The highest BCUT2D eigenvalue weighted by molar-refractivity contribution is 5.94. The van der Waals surface area contributed by atoms with Crippen LogP contribution in [0.25, 0.3) is 0 Å². The number of amides is 3. The first-order chi connectivity index (χ1) is 7.97. The van der Waals surface area contributed by atoms with Gasteiger partial charge in [0.05, 0.1) is 6.54 Å². The second kappa shape index (κ2) is 6.19. The predicted molar refractivity (Wildman–Crippen MR) is 59.1 cm³/mol. The molecule has 1 heterocycles. The van der Waals surface area contributed by atoms with Crippen LogP contribution in [0.5, 0.6) is 0 Å². The van der Waals surface area contributed by atoms with Crippen LogP contribution in [0, 0.1) is 5.92 Å². The van der Waals surface area contributed by atoms with Gasteiger partial charge in [-0.2, -0.15) is 0 Å². The Morgan fingerprint density at radius 2 is 2.12 bits per heavy atom. The minimum Gasteiger partial charge on any atom is -0.481 e. The molecule has 0 aliphatic carbocycles. The summed E-state index contributed by atoms with van der Waals surface area (Å²) in [6, 6.07) is -0.850. The Hall–Kier alpha value is -1.63. The molecule has 1 rings (SSSR count). The van der Waals surface area contributed by atoms with Crippen LogP contribution in [-0.2, 0) is 9.59 Å². The van der Waals surface area contributed by atoms with E-state index in [0.717, 1.165) is 13.0 Å². The number of carbonyl (C=O) groups is 3. The smallest absolute Gasteiger partial charge is 0.318 e. The first-order valence-corrected chi connectivity index (χ1v) is 5.51. The number of nitrogens with one attached hydrogen (secondary N) is 1. The number of rotatable bonds is 5. The maximum Gasteiger partial charge on any atom is 0.318 e. The highest BCUT2D eigenvalue weighted by atomic mass is 16.4. The third-order valence-corrected chi connectivity index (χ3v) is 2.77. The molecule has 0 bridgehead atoms. The Kier molecular flexibility index (Phi) is 4.89. The molecule has 0 aromatic carbocycles. The predicted octanol–water partition coefficient (Wildman–Crippen LogP) is -0.632. The van der Waals surface area contributed by atoms with Crippen LogP contribution in [0.15, 0.2) is 0 Å². The highest BCUT2D eigenvalue weighted by Crippen LogP contribution is 2.20. The number of carboxylic acids is 1. The number of likely N-dealkylation sites (tertiary alicyclic amines) is 1. The normalized spacial score (nSPS) is 20.1. The number of aliphatic carboxylic acids is 1. The molecular formula is C10H17N3O4. The first-order valence-electron chi connectivity index (χ1n) is 5.51. The van der Waals surface area contributed by atoms with Gasteiger partial charge >= 0.3 is 12.0 Å². The zero-order chi connectivity index (χ0) is 12.8. The molecule has 1 fully saturated rings. The van der Waals surface area contributed by atoms with Gasteiger partial charge < -0.3 is 10.8 Å². The number of hydrogen-bond donors (Lipinski definition) is 3. The van der Waals surface area contributed by atoms with Crippen molar-refractivity contribution in [3.05, 3.63) is 0 Å². The van der Waals surface area contributed by atoms with Crippen LogP contribution in [0.2, 0.25) is 0 Å². The molecule has 1 unspecified atom stereocenters. The van der Waals surface area contributed by atoms with Gasteiger partial charge in [0.1, 0.15) is 0 Å². The number of nitrogens with zero attached hydrogens (tertiary/aromatic N) is 1. The molecule has 96 valence electrons. The van der Waals surface area contributed by atoms with Crippen LogP contribution >= 0.6 is 0 Å². The number of imide groups is 1. The molecule has 0 radical (unpaired) electrons. The van der Waals surface area contributed by atoms with Crippen molar-refractivity contribution in [3.63, 3.8) is 0 Å². The molecule has 4 N–H and O–H groups in total. The average Bonchev–Trinajstić information content (AvgIpc) is 2.61. The van der Waals surface area contributed by atoms with Gasteiger partial charge in [0.25, 0.3) is 0 Å². The maximum atomic E-state index is 11.2. The van der Waals surface area contributed by atoms with Crippen LogP contribution in [0.1, 0.15) is 19.3 Å². The quantitative estimate of drug-likeness (QED) is 0.595. The number of urea groups is 1. The number of carboxylic acid groups (broad SMARTS) is 1. The molecular weight excluding hydrogens is 226 g/mol. The summed E-state index contributed by atoms with van der Waals surface area (Å²) >= 11 is 0. The fourth-order valence-corrected chi connectivity index (χ4v) is 2.00. The molecule has 17 heavy (non-hydrogen) atoms. The highest BCUT2D eigenvalue weighted by Gasteiger charge is 2.24. The molecule has 0 saturated carbocycles. The largest absolute Gasteiger partial charge is 0.481 e. The van der Waals surface area contributed by atoms with E-state index in [4.69, 9.17) is 10.8 Å². The fourth-order valence-electron chi connectivity index (χ4n) is 2.00. The summed E-state index contributed by atoms with van der Waals surface area (Å²) in [4.78, 5) is 34.0. The lowest BCUT2D eigenvalue weighted by Crippen LogP contribution is -2.41. The van der Waals surface area contributed by atoms with Gasteiger partial charge in [-0.3, -0.25) is 19.8 Å². The van der Waals surface area contributed by atoms with Crippen molar-refractivity contribution in [1.29, 1.82) is 0 Å². The van der Waals surface area contributed by atoms with Gasteiger partial charge in [-0.1, -0.05) is 0 Å². The van der Waals surface area contributed by atoms with Crippen molar-refractivity contribution in [3.8, 4) is 0 Å². The van der Waals surface area contributed by atoms with Crippen molar-refractivity contribution in [2.24, 2.45) is 11.7 Å². The lowest BCUT2D eigenvalue weighted by molar-refractivity contribution is -0.137. The molecule has 1 saturated heterocycles. The van der Waals surface area contributed by atoms with E-state index in [1.165, 1.54) is 0 Å². The van der Waals surface area contributed by atoms with Gasteiger partial charge in [-0.25, -0.2) is 4.79 Å². The summed E-state index contributed by atoms with van der Waals surface area (Å²) < 4.78 is 0. The molecule has 0 aromatic heterocycles. The third-order valence-electron chi connectivity index (χ3n) is 2.77. The minimum atomic E-state index is -0.850. The lowest BCUT2D eigenvalue weighted by Gasteiger charge is -2.14. The van der Waals surface area contributed by atoms with E-state index in [0.29, 0.717) is 18.9 Å². The molecule has 1 aliphatic rings. The van der Waals surface area contributed by atoms with Gasteiger partial charge in [-0.15, -0.1) is 0 Å². The van der Waals surface area contributed by atoms with E-state index in [2.05, 4.69) is 0 Å². The topological polar surface area (TPSA) is 113 Å². The van der Waals surface area contributed by atoms with Crippen LogP contribution in [-0.4, -0.2) is 47.5 Å². The van der Waals surface area contributed by atoms with Crippen molar-refractivity contribution >= 4 is 17.9 Å². The second-order valence-electron chi connectivity index (χ2n) is 4.23. The van der Waals surface area contributed by atoms with Crippen molar-refractivity contribution in [2.75, 3.05) is 19.6 Å². The van der Waals surface area contributed by atoms with E-state index < -0.39 is 17.9 Å². The Balaban J connectivity index is 2.23. The molecule has 0 spiro atoms. The monoisotopic (exact) mass is 243 g/mol. The number of nitrogens with two attached hydrogens (primary N) is 1. The minimum absolute atomic E-state index is 0.131. The molecule has 0 aromatic rings. The van der Waals surface area contributed by atoms with E-state index >= 15 is 0 Å². The Morgan fingerprint density at radius 3 is 2.71 bits per heavy atom. The summed E-state index contributed by atoms with van der Waals surface area (Å²) in [5, 5.41) is 10.6. The summed E-state index contributed by atoms with van der Waals surface area (Å²) in [5.41, 5.74) is 4.82. The van der Waals surface area contributed by atoms with Gasteiger partial charge in [0, 0.05) is 13.0 Å².